The predicted octanol–water partition coefficient (Wildman–Crippen LogP) is 2.90. The van der Waals surface area contributed by atoms with E-state index in [2.05, 4.69) is 0 Å². The van der Waals surface area contributed by atoms with Crippen LogP contribution in [0.4, 0.5) is 4.39 Å². The van der Waals surface area contributed by atoms with E-state index in [1.807, 2.05) is 0 Å². The van der Waals surface area contributed by atoms with Gasteiger partial charge in [0.15, 0.2) is 9.84 Å². The summed E-state index contributed by atoms with van der Waals surface area (Å²) < 4.78 is 41.6. The SMILES string of the molecule is COc1cccc(-c2ccc(S(C)(=O)=O)c(F)c2)c1. The van der Waals surface area contributed by atoms with Gasteiger partial charge >= 0.3 is 0 Å². The molecule has 0 saturated carbocycles. The second kappa shape index (κ2) is 5.01. The van der Waals surface area contributed by atoms with Crippen LogP contribution in [-0.2, 0) is 9.84 Å². The van der Waals surface area contributed by atoms with Crippen LogP contribution in [0.15, 0.2) is 47.4 Å². The zero-order valence-corrected chi connectivity index (χ0v) is 11.4. The molecule has 0 aromatic heterocycles. The van der Waals surface area contributed by atoms with Crippen LogP contribution in [-0.4, -0.2) is 21.8 Å². The first kappa shape index (κ1) is 13.5. The molecule has 0 spiro atoms. The summed E-state index contributed by atoms with van der Waals surface area (Å²) in [6.07, 6.45) is 0.983. The van der Waals surface area contributed by atoms with Gasteiger partial charge in [-0.25, -0.2) is 12.8 Å². The number of halogens is 1. The Balaban J connectivity index is 2.50. The molecule has 19 heavy (non-hydrogen) atoms. The summed E-state index contributed by atoms with van der Waals surface area (Å²) in [6.45, 7) is 0. The third kappa shape index (κ3) is 2.93. The molecule has 3 nitrogen and oxygen atoms in total. The fraction of sp³-hybridized carbons (Fsp3) is 0.143. The van der Waals surface area contributed by atoms with Crippen LogP contribution < -0.4 is 4.74 Å². The highest BCUT2D eigenvalue weighted by Crippen LogP contribution is 2.26. The molecule has 5 heteroatoms. The van der Waals surface area contributed by atoms with E-state index in [0.29, 0.717) is 11.3 Å². The van der Waals surface area contributed by atoms with E-state index in [0.717, 1.165) is 11.8 Å². The molecule has 2 rings (SSSR count). The second-order valence-electron chi connectivity index (χ2n) is 4.15. The molecule has 0 heterocycles. The highest BCUT2D eigenvalue weighted by Gasteiger charge is 2.14. The molecule has 2 aromatic rings. The molecule has 0 fully saturated rings. The maximum Gasteiger partial charge on any atom is 0.178 e. The lowest BCUT2D eigenvalue weighted by Gasteiger charge is -2.07. The number of ether oxygens (including phenoxy) is 1. The number of rotatable bonds is 3. The highest BCUT2D eigenvalue weighted by molar-refractivity contribution is 7.90. The molecule has 0 aliphatic rings. The van der Waals surface area contributed by atoms with Crippen LogP contribution in [0, 0.1) is 5.82 Å². The topological polar surface area (TPSA) is 43.4 Å². The number of sulfone groups is 1. The fourth-order valence-corrected chi connectivity index (χ4v) is 2.51. The van der Waals surface area contributed by atoms with Gasteiger partial charge < -0.3 is 4.74 Å². The Kier molecular flexibility index (Phi) is 3.57. The van der Waals surface area contributed by atoms with Crippen molar-refractivity contribution in [1.29, 1.82) is 0 Å². The zero-order valence-electron chi connectivity index (χ0n) is 10.6. The minimum atomic E-state index is -3.54. The van der Waals surface area contributed by atoms with Crippen LogP contribution in [0.3, 0.4) is 0 Å². The van der Waals surface area contributed by atoms with Crippen LogP contribution in [0.25, 0.3) is 11.1 Å². The maximum absolute atomic E-state index is 13.8. The highest BCUT2D eigenvalue weighted by atomic mass is 32.2. The fourth-order valence-electron chi connectivity index (χ4n) is 1.78. The van der Waals surface area contributed by atoms with Crippen molar-refractivity contribution in [1.82, 2.24) is 0 Å². The van der Waals surface area contributed by atoms with E-state index in [4.69, 9.17) is 4.74 Å². The van der Waals surface area contributed by atoms with Crippen LogP contribution >= 0.6 is 0 Å². The van der Waals surface area contributed by atoms with Crippen molar-refractivity contribution in [2.75, 3.05) is 13.4 Å². The number of hydrogen-bond donors (Lipinski definition) is 0. The molecule has 2 aromatic carbocycles. The van der Waals surface area contributed by atoms with Crippen molar-refractivity contribution in [3.63, 3.8) is 0 Å². The first-order chi connectivity index (χ1) is 8.91. The maximum atomic E-state index is 13.8. The summed E-state index contributed by atoms with van der Waals surface area (Å²) >= 11 is 0. The third-order valence-electron chi connectivity index (χ3n) is 2.73. The van der Waals surface area contributed by atoms with Gasteiger partial charge in [-0.2, -0.15) is 0 Å². The van der Waals surface area contributed by atoms with Gasteiger partial charge in [0.25, 0.3) is 0 Å². The van der Waals surface area contributed by atoms with Crippen molar-refractivity contribution >= 4 is 9.84 Å². The van der Waals surface area contributed by atoms with E-state index in [-0.39, 0.29) is 4.90 Å². The Morgan fingerprint density at radius 3 is 2.32 bits per heavy atom. The van der Waals surface area contributed by atoms with Crippen molar-refractivity contribution in [2.24, 2.45) is 0 Å². The minimum absolute atomic E-state index is 0.292. The zero-order chi connectivity index (χ0) is 14.0. The Hall–Kier alpha value is -1.88. The molecule has 100 valence electrons. The molecule has 0 aliphatic carbocycles. The van der Waals surface area contributed by atoms with Gasteiger partial charge in [0, 0.05) is 6.26 Å². The van der Waals surface area contributed by atoms with E-state index in [9.17, 15) is 12.8 Å². The van der Waals surface area contributed by atoms with Crippen molar-refractivity contribution in [3.8, 4) is 16.9 Å². The number of benzene rings is 2. The quantitative estimate of drug-likeness (QED) is 0.868. The van der Waals surface area contributed by atoms with Gasteiger partial charge in [-0.1, -0.05) is 18.2 Å². The van der Waals surface area contributed by atoms with E-state index in [1.54, 1.807) is 37.4 Å². The summed E-state index contributed by atoms with van der Waals surface area (Å²) in [5.74, 6) is -0.0899. The summed E-state index contributed by atoms with van der Waals surface area (Å²) in [6, 6.07) is 11.2. The molecule has 0 atom stereocenters. The Bertz CT molecular complexity index is 708. The molecular formula is C14H13FO3S. The average molecular weight is 280 g/mol. The second-order valence-corrected chi connectivity index (χ2v) is 6.13. The lowest BCUT2D eigenvalue weighted by Crippen LogP contribution is -2.00. The summed E-state index contributed by atoms with van der Waals surface area (Å²) in [5, 5.41) is 0. The summed E-state index contributed by atoms with van der Waals surface area (Å²) in [5.41, 5.74) is 1.36. The average Bonchev–Trinajstić information content (AvgIpc) is 2.37. The molecule has 0 amide bonds. The summed E-state index contributed by atoms with van der Waals surface area (Å²) in [4.78, 5) is -0.292. The Labute approximate surface area is 111 Å². The van der Waals surface area contributed by atoms with E-state index < -0.39 is 15.7 Å². The largest absolute Gasteiger partial charge is 0.497 e. The molecular weight excluding hydrogens is 267 g/mol. The predicted molar refractivity (Wildman–Crippen MR) is 71.5 cm³/mol. The first-order valence-corrected chi connectivity index (χ1v) is 7.45. The monoisotopic (exact) mass is 280 g/mol. The van der Waals surface area contributed by atoms with E-state index >= 15 is 0 Å². The van der Waals surface area contributed by atoms with Crippen molar-refractivity contribution in [2.45, 2.75) is 4.90 Å². The van der Waals surface area contributed by atoms with Gasteiger partial charge in [0.2, 0.25) is 0 Å². The van der Waals surface area contributed by atoms with Crippen LogP contribution in [0.5, 0.6) is 5.75 Å². The van der Waals surface area contributed by atoms with Gasteiger partial charge in [0.05, 0.1) is 7.11 Å². The molecule has 0 aliphatic heterocycles. The van der Waals surface area contributed by atoms with Crippen LogP contribution in [0.1, 0.15) is 0 Å². The number of hydrogen-bond acceptors (Lipinski definition) is 3. The van der Waals surface area contributed by atoms with E-state index in [1.165, 1.54) is 12.1 Å². The van der Waals surface area contributed by atoms with Gasteiger partial charge in [-0.05, 0) is 35.4 Å². The van der Waals surface area contributed by atoms with Crippen LogP contribution in [0.2, 0.25) is 0 Å². The Morgan fingerprint density at radius 2 is 1.74 bits per heavy atom. The third-order valence-corrected chi connectivity index (χ3v) is 3.86. The van der Waals surface area contributed by atoms with Gasteiger partial charge in [-0.3, -0.25) is 0 Å². The molecule has 0 N–H and O–H groups in total. The molecule has 0 radical (unpaired) electrons. The van der Waals surface area contributed by atoms with Crippen molar-refractivity contribution in [3.05, 3.63) is 48.3 Å². The van der Waals surface area contributed by atoms with Crippen molar-refractivity contribution < 1.29 is 17.5 Å². The molecule has 0 unspecified atom stereocenters. The molecule has 0 saturated heterocycles. The smallest absolute Gasteiger partial charge is 0.178 e. The lowest BCUT2D eigenvalue weighted by molar-refractivity contribution is 0.415. The normalized spacial score (nSPS) is 11.3. The number of methoxy groups -OCH3 is 1. The lowest BCUT2D eigenvalue weighted by atomic mass is 10.1. The summed E-state index contributed by atoms with van der Waals surface area (Å²) in [7, 11) is -2.00. The standard InChI is InChI=1S/C14H13FO3S/c1-18-12-5-3-4-10(8-12)11-6-7-14(13(15)9-11)19(2,16)17/h3-9H,1-2H3. The molecule has 0 bridgehead atoms. The first-order valence-electron chi connectivity index (χ1n) is 5.56. The van der Waals surface area contributed by atoms with Gasteiger partial charge in [0.1, 0.15) is 16.5 Å². The van der Waals surface area contributed by atoms with Gasteiger partial charge in [-0.15, -0.1) is 0 Å². The minimum Gasteiger partial charge on any atom is -0.497 e. The Morgan fingerprint density at radius 1 is 1.05 bits per heavy atom.